The molecule has 3 aromatic rings. The minimum absolute atomic E-state index is 0.172. The highest BCUT2D eigenvalue weighted by atomic mass is 35.5. The second-order valence-electron chi connectivity index (χ2n) is 8.34. The molecule has 11 heteroatoms. The van der Waals surface area contributed by atoms with Crippen molar-refractivity contribution < 1.29 is 36.2 Å². The predicted molar refractivity (Wildman–Crippen MR) is 124 cm³/mol. The number of hydrogen-bond acceptors (Lipinski definition) is 4. The molecule has 2 atom stereocenters. The van der Waals surface area contributed by atoms with Crippen molar-refractivity contribution in [3.05, 3.63) is 88.9 Å². The van der Waals surface area contributed by atoms with Crippen LogP contribution >= 0.6 is 11.6 Å². The van der Waals surface area contributed by atoms with Gasteiger partial charge in [0.25, 0.3) is 0 Å². The van der Waals surface area contributed by atoms with Crippen LogP contribution in [0.5, 0.6) is 5.75 Å². The lowest BCUT2D eigenvalue weighted by molar-refractivity contribution is -0.274. The third kappa shape index (κ3) is 6.17. The molecule has 4 nitrogen and oxygen atoms in total. The Balaban J connectivity index is 1.71. The molecular weight excluding hydrogens is 510 g/mol. The summed E-state index contributed by atoms with van der Waals surface area (Å²) in [5.74, 6) is -0.366. The van der Waals surface area contributed by atoms with Gasteiger partial charge in [0.2, 0.25) is 0 Å². The van der Waals surface area contributed by atoms with Crippen LogP contribution in [-0.4, -0.2) is 36.8 Å². The van der Waals surface area contributed by atoms with Crippen molar-refractivity contribution in [2.45, 2.75) is 31.2 Å². The van der Waals surface area contributed by atoms with Gasteiger partial charge in [-0.25, -0.2) is 0 Å². The largest absolute Gasteiger partial charge is 0.573 e. The third-order valence-electron chi connectivity index (χ3n) is 5.81. The number of halogens is 7. The highest BCUT2D eigenvalue weighted by molar-refractivity contribution is 6.30. The van der Waals surface area contributed by atoms with Crippen molar-refractivity contribution in [1.29, 1.82) is 0 Å². The molecule has 1 N–H and O–H groups in total. The molecule has 2 unspecified atom stereocenters. The fourth-order valence-electron chi connectivity index (χ4n) is 4.24. The number of aliphatic hydroxyl groups excluding tert-OH is 1. The minimum Gasteiger partial charge on any atom is -0.406 e. The maximum atomic E-state index is 13.3. The Labute approximate surface area is 208 Å². The SMILES string of the molecule is OC(CN1c2ccccc2N(Cc2cccc(OC(F)(F)F)c2)CC1c1ccc(Cl)cc1)C(F)(F)F. The number of para-hydroxylation sites is 2. The zero-order chi connectivity index (χ0) is 26.1. The summed E-state index contributed by atoms with van der Waals surface area (Å²) >= 11 is 6.00. The quantitative estimate of drug-likeness (QED) is 0.359. The number of anilines is 2. The van der Waals surface area contributed by atoms with E-state index in [0.717, 1.165) is 0 Å². The fraction of sp³-hybridized carbons (Fsp3) is 0.280. The number of ether oxygens (including phenoxy) is 1. The highest BCUT2D eigenvalue weighted by Gasteiger charge is 2.42. The molecule has 0 saturated heterocycles. The average Bonchev–Trinajstić information content (AvgIpc) is 2.79. The first kappa shape index (κ1) is 26.0. The Morgan fingerprint density at radius 2 is 1.58 bits per heavy atom. The monoisotopic (exact) mass is 530 g/mol. The summed E-state index contributed by atoms with van der Waals surface area (Å²) in [4.78, 5) is 3.37. The summed E-state index contributed by atoms with van der Waals surface area (Å²) in [6.07, 6.45) is -12.2. The Bertz CT molecular complexity index is 1190. The van der Waals surface area contributed by atoms with Gasteiger partial charge in [-0.3, -0.25) is 0 Å². The molecule has 4 rings (SSSR count). The molecule has 0 saturated carbocycles. The van der Waals surface area contributed by atoms with Crippen molar-refractivity contribution >= 4 is 23.0 Å². The van der Waals surface area contributed by atoms with E-state index in [0.29, 0.717) is 27.5 Å². The lowest BCUT2D eigenvalue weighted by atomic mass is 9.98. The Kier molecular flexibility index (Phi) is 7.28. The van der Waals surface area contributed by atoms with E-state index in [9.17, 15) is 31.4 Å². The summed E-state index contributed by atoms with van der Waals surface area (Å²) in [5.41, 5.74) is 2.22. The smallest absolute Gasteiger partial charge is 0.406 e. The summed E-state index contributed by atoms with van der Waals surface area (Å²) in [6.45, 7) is -0.323. The van der Waals surface area contributed by atoms with E-state index in [2.05, 4.69) is 4.74 Å². The second kappa shape index (κ2) is 10.1. The topological polar surface area (TPSA) is 35.9 Å². The lowest BCUT2D eigenvalue weighted by Crippen LogP contribution is -2.49. The number of fused-ring (bicyclic) bond motifs is 1. The minimum atomic E-state index is -4.84. The van der Waals surface area contributed by atoms with E-state index in [1.165, 1.54) is 23.1 Å². The maximum absolute atomic E-state index is 13.3. The normalized spacial score (nSPS) is 17.1. The van der Waals surface area contributed by atoms with Crippen LogP contribution in [0, 0.1) is 0 Å². The van der Waals surface area contributed by atoms with E-state index in [-0.39, 0.29) is 18.8 Å². The van der Waals surface area contributed by atoms with Gasteiger partial charge >= 0.3 is 12.5 Å². The summed E-state index contributed by atoms with van der Waals surface area (Å²) < 4.78 is 81.9. The van der Waals surface area contributed by atoms with Crippen LogP contribution in [0.2, 0.25) is 5.02 Å². The van der Waals surface area contributed by atoms with Crippen LogP contribution in [0.1, 0.15) is 17.2 Å². The molecule has 0 bridgehead atoms. The van der Waals surface area contributed by atoms with Crippen molar-refractivity contribution in [3.8, 4) is 5.75 Å². The molecule has 192 valence electrons. The van der Waals surface area contributed by atoms with Crippen LogP contribution in [0.4, 0.5) is 37.7 Å². The zero-order valence-corrected chi connectivity index (χ0v) is 19.4. The summed E-state index contributed by atoms with van der Waals surface area (Å²) in [5, 5.41) is 10.3. The Hall–Kier alpha value is -3.11. The molecule has 36 heavy (non-hydrogen) atoms. The van der Waals surface area contributed by atoms with Gasteiger partial charge in [0.05, 0.1) is 24.0 Å². The van der Waals surface area contributed by atoms with Crippen LogP contribution < -0.4 is 14.5 Å². The number of rotatable bonds is 6. The number of alkyl halides is 6. The van der Waals surface area contributed by atoms with Crippen LogP contribution in [0.3, 0.4) is 0 Å². The van der Waals surface area contributed by atoms with Gasteiger partial charge < -0.3 is 19.6 Å². The Morgan fingerprint density at radius 3 is 2.22 bits per heavy atom. The van der Waals surface area contributed by atoms with E-state index in [4.69, 9.17) is 11.6 Å². The van der Waals surface area contributed by atoms with Crippen LogP contribution in [0.15, 0.2) is 72.8 Å². The molecule has 1 aliphatic rings. The van der Waals surface area contributed by atoms with E-state index < -0.39 is 31.2 Å². The summed E-state index contributed by atoms with van der Waals surface area (Å²) in [6, 6.07) is 18.3. The number of hydrogen-bond donors (Lipinski definition) is 1. The average molecular weight is 531 g/mol. The molecule has 0 fully saturated rings. The second-order valence-corrected chi connectivity index (χ2v) is 8.78. The number of nitrogens with zero attached hydrogens (tertiary/aromatic N) is 2. The van der Waals surface area contributed by atoms with Crippen molar-refractivity contribution in [3.63, 3.8) is 0 Å². The predicted octanol–water partition coefficient (Wildman–Crippen LogP) is 6.73. The first-order valence-electron chi connectivity index (χ1n) is 10.9. The summed E-state index contributed by atoms with van der Waals surface area (Å²) in [7, 11) is 0. The molecular formula is C25H21ClF6N2O2. The molecule has 1 heterocycles. The lowest BCUT2D eigenvalue weighted by Gasteiger charge is -2.45. The number of β-amino-alcohol motifs (C(OH)–C–C–N with tert-alkyl or cyclic N) is 1. The maximum Gasteiger partial charge on any atom is 0.573 e. The van der Waals surface area contributed by atoms with Crippen molar-refractivity contribution in [2.75, 3.05) is 22.9 Å². The molecule has 0 amide bonds. The van der Waals surface area contributed by atoms with E-state index >= 15 is 0 Å². The fourth-order valence-corrected chi connectivity index (χ4v) is 4.37. The molecule has 3 aromatic carbocycles. The molecule has 1 aliphatic heterocycles. The Morgan fingerprint density at radius 1 is 0.917 bits per heavy atom. The first-order valence-corrected chi connectivity index (χ1v) is 11.2. The van der Waals surface area contributed by atoms with Crippen molar-refractivity contribution in [1.82, 2.24) is 0 Å². The molecule has 0 radical (unpaired) electrons. The number of benzene rings is 3. The third-order valence-corrected chi connectivity index (χ3v) is 6.06. The van der Waals surface area contributed by atoms with Gasteiger partial charge in [0.1, 0.15) is 5.75 Å². The number of aliphatic hydroxyl groups is 1. The van der Waals surface area contributed by atoms with Gasteiger partial charge in [-0.2, -0.15) is 13.2 Å². The van der Waals surface area contributed by atoms with Gasteiger partial charge in [0.15, 0.2) is 6.10 Å². The standard InChI is InChI=1S/C25H21ClF6N2O2/c26-18-10-8-17(9-11-18)22-14-33(13-16-4-3-5-19(12-16)36-25(30,31)32)20-6-1-2-7-21(20)34(22)15-23(35)24(27,28)29/h1-12,22-23,35H,13-15H2. The van der Waals surface area contributed by atoms with E-state index in [1.54, 1.807) is 54.6 Å². The van der Waals surface area contributed by atoms with Crippen LogP contribution in [-0.2, 0) is 6.54 Å². The zero-order valence-electron chi connectivity index (χ0n) is 18.6. The van der Waals surface area contributed by atoms with Crippen LogP contribution in [0.25, 0.3) is 0 Å². The van der Waals surface area contributed by atoms with Gasteiger partial charge in [-0.15, -0.1) is 13.2 Å². The van der Waals surface area contributed by atoms with Crippen molar-refractivity contribution in [2.24, 2.45) is 0 Å². The van der Waals surface area contributed by atoms with Gasteiger partial charge in [0, 0.05) is 18.1 Å². The first-order chi connectivity index (χ1) is 16.9. The molecule has 0 aromatic heterocycles. The van der Waals surface area contributed by atoms with Gasteiger partial charge in [-0.1, -0.05) is 48.0 Å². The highest BCUT2D eigenvalue weighted by Crippen LogP contribution is 2.42. The van der Waals surface area contributed by atoms with Gasteiger partial charge in [-0.05, 0) is 47.5 Å². The van der Waals surface area contributed by atoms with E-state index in [1.807, 2.05) is 4.90 Å². The molecule has 0 aliphatic carbocycles. The molecule has 0 spiro atoms.